The van der Waals surface area contributed by atoms with E-state index in [4.69, 9.17) is 9.47 Å². The molecule has 182 valence electrons. The number of aromatic nitrogens is 1. The van der Waals surface area contributed by atoms with Crippen molar-refractivity contribution in [2.24, 2.45) is 0 Å². The summed E-state index contributed by atoms with van der Waals surface area (Å²) in [5.41, 5.74) is 4.88. The topological polar surface area (TPSA) is 74.9 Å². The number of ether oxygens (including phenoxy) is 2. The number of fused-ring (bicyclic) bond motifs is 4. The number of nitrogens with zero attached hydrogens (tertiary/aromatic N) is 2. The Kier molecular flexibility index (Phi) is 5.40. The molecule has 0 saturated carbocycles. The molecule has 1 N–H and O–H groups in total. The second kappa shape index (κ2) is 8.75. The lowest BCUT2D eigenvalue weighted by atomic mass is 9.86. The monoisotopic (exact) mass is 481 g/mol. The lowest BCUT2D eigenvalue weighted by Gasteiger charge is -2.47. The highest BCUT2D eigenvalue weighted by Crippen LogP contribution is 2.43. The molecule has 2 atom stereocenters. The fourth-order valence-corrected chi connectivity index (χ4v) is 5.63. The van der Waals surface area contributed by atoms with E-state index in [1.54, 1.807) is 24.0 Å². The number of amides is 2. The number of methoxy groups -OCH3 is 2. The van der Waals surface area contributed by atoms with Crippen molar-refractivity contribution in [3.8, 4) is 11.5 Å². The molecule has 2 aliphatic rings. The Morgan fingerprint density at radius 2 is 1.67 bits per heavy atom. The summed E-state index contributed by atoms with van der Waals surface area (Å²) >= 11 is 0. The number of rotatable bonds is 5. The molecular formula is C29H27N3O4. The van der Waals surface area contributed by atoms with Crippen LogP contribution in [0.4, 0.5) is 0 Å². The molecule has 3 aromatic carbocycles. The zero-order valence-corrected chi connectivity index (χ0v) is 20.2. The van der Waals surface area contributed by atoms with Crippen LogP contribution in [0.1, 0.15) is 28.4 Å². The molecule has 1 aromatic heterocycles. The molecule has 0 unspecified atom stereocenters. The van der Waals surface area contributed by atoms with E-state index in [0.29, 0.717) is 18.7 Å². The maximum atomic E-state index is 13.9. The number of para-hydroxylation sites is 2. The summed E-state index contributed by atoms with van der Waals surface area (Å²) in [6, 6.07) is 22.5. The van der Waals surface area contributed by atoms with Gasteiger partial charge in [0.15, 0.2) is 0 Å². The average Bonchev–Trinajstić information content (AvgIpc) is 3.29. The number of carbonyl (C=O) groups is 2. The summed E-state index contributed by atoms with van der Waals surface area (Å²) in [4.78, 5) is 34.6. The normalized spacial score (nSPS) is 19.3. The van der Waals surface area contributed by atoms with Gasteiger partial charge in [-0.2, -0.15) is 0 Å². The van der Waals surface area contributed by atoms with Gasteiger partial charge in [-0.1, -0.05) is 48.5 Å². The summed E-state index contributed by atoms with van der Waals surface area (Å²) in [6.07, 6.45) is 0.471. The Labute approximate surface area is 209 Å². The van der Waals surface area contributed by atoms with Gasteiger partial charge in [0.1, 0.15) is 24.1 Å². The van der Waals surface area contributed by atoms with Crippen molar-refractivity contribution >= 4 is 22.7 Å². The first-order valence-electron chi connectivity index (χ1n) is 12.0. The highest BCUT2D eigenvalue weighted by atomic mass is 16.5. The fraction of sp³-hybridized carbons (Fsp3) is 0.241. The van der Waals surface area contributed by atoms with Gasteiger partial charge in [-0.15, -0.1) is 0 Å². The van der Waals surface area contributed by atoms with Crippen molar-refractivity contribution in [3.63, 3.8) is 0 Å². The summed E-state index contributed by atoms with van der Waals surface area (Å²) in [5.74, 6) is 1.33. The van der Waals surface area contributed by atoms with Gasteiger partial charge >= 0.3 is 0 Å². The Balaban J connectivity index is 1.44. The summed E-state index contributed by atoms with van der Waals surface area (Å²) in [7, 11) is 3.24. The molecule has 3 heterocycles. The van der Waals surface area contributed by atoms with Gasteiger partial charge in [-0.05, 0) is 35.4 Å². The lowest BCUT2D eigenvalue weighted by molar-refractivity contribution is -0.159. The minimum Gasteiger partial charge on any atom is -0.497 e. The Morgan fingerprint density at radius 1 is 0.917 bits per heavy atom. The largest absolute Gasteiger partial charge is 0.497 e. The van der Waals surface area contributed by atoms with Crippen molar-refractivity contribution < 1.29 is 19.1 Å². The number of H-pyrrole nitrogens is 1. The Morgan fingerprint density at radius 3 is 2.44 bits per heavy atom. The third-order valence-corrected chi connectivity index (χ3v) is 7.33. The van der Waals surface area contributed by atoms with Crippen LogP contribution in [0.15, 0.2) is 72.8 Å². The first-order chi connectivity index (χ1) is 17.6. The van der Waals surface area contributed by atoms with E-state index in [1.165, 1.54) is 0 Å². The summed E-state index contributed by atoms with van der Waals surface area (Å²) in [6.45, 7) is 0.350. The SMILES string of the molecule is COc1ccc([C@@H]2c3[nH]c4ccccc4c3C[C@H]3C(=O)N(Cc4ccccc4OC)CC(=O)N23)cc1. The third-order valence-electron chi connectivity index (χ3n) is 7.33. The molecule has 1 saturated heterocycles. The summed E-state index contributed by atoms with van der Waals surface area (Å²) < 4.78 is 10.8. The van der Waals surface area contributed by atoms with Gasteiger partial charge < -0.3 is 24.3 Å². The number of hydrogen-bond donors (Lipinski definition) is 1. The second-order valence-electron chi connectivity index (χ2n) is 9.27. The second-order valence-corrected chi connectivity index (χ2v) is 9.27. The molecule has 1 fully saturated rings. The molecule has 0 aliphatic carbocycles. The molecule has 7 nitrogen and oxygen atoms in total. The number of aromatic amines is 1. The van der Waals surface area contributed by atoms with Gasteiger partial charge in [0.05, 0.1) is 20.3 Å². The van der Waals surface area contributed by atoms with Crippen molar-refractivity contribution in [3.05, 3.63) is 95.2 Å². The number of nitrogens with one attached hydrogen (secondary N) is 1. The van der Waals surface area contributed by atoms with Crippen molar-refractivity contribution in [2.45, 2.75) is 25.0 Å². The van der Waals surface area contributed by atoms with Crippen LogP contribution in [-0.4, -0.2) is 53.4 Å². The predicted octanol–water partition coefficient (Wildman–Crippen LogP) is 4.07. The highest BCUT2D eigenvalue weighted by Gasteiger charge is 2.48. The fourth-order valence-electron chi connectivity index (χ4n) is 5.63. The number of carbonyl (C=O) groups excluding carboxylic acids is 2. The zero-order chi connectivity index (χ0) is 24.8. The average molecular weight is 482 g/mol. The third kappa shape index (κ3) is 3.50. The van der Waals surface area contributed by atoms with Gasteiger partial charge in [0.25, 0.3) is 0 Å². The maximum Gasteiger partial charge on any atom is 0.246 e. The Bertz CT molecular complexity index is 1460. The van der Waals surface area contributed by atoms with E-state index in [1.807, 2.05) is 66.7 Å². The smallest absolute Gasteiger partial charge is 0.246 e. The minimum atomic E-state index is -0.584. The van der Waals surface area contributed by atoms with E-state index in [0.717, 1.165) is 39.0 Å². The number of hydrogen-bond acceptors (Lipinski definition) is 4. The molecular weight excluding hydrogens is 454 g/mol. The van der Waals surface area contributed by atoms with Crippen LogP contribution >= 0.6 is 0 Å². The first kappa shape index (κ1) is 22.2. The van der Waals surface area contributed by atoms with Gasteiger partial charge in [-0.25, -0.2) is 0 Å². The molecule has 7 heteroatoms. The molecule has 4 aromatic rings. The molecule has 2 aliphatic heterocycles. The Hall–Kier alpha value is -4.26. The van der Waals surface area contributed by atoms with E-state index in [2.05, 4.69) is 11.1 Å². The highest BCUT2D eigenvalue weighted by molar-refractivity contribution is 5.97. The van der Waals surface area contributed by atoms with Crippen LogP contribution in [0.3, 0.4) is 0 Å². The van der Waals surface area contributed by atoms with Crippen molar-refractivity contribution in [1.29, 1.82) is 0 Å². The van der Waals surface area contributed by atoms with Gasteiger partial charge in [0, 0.05) is 35.1 Å². The van der Waals surface area contributed by atoms with Crippen LogP contribution in [-0.2, 0) is 22.6 Å². The van der Waals surface area contributed by atoms with Crippen LogP contribution < -0.4 is 9.47 Å². The van der Waals surface area contributed by atoms with Crippen LogP contribution in [0.5, 0.6) is 11.5 Å². The predicted molar refractivity (Wildman–Crippen MR) is 136 cm³/mol. The van der Waals surface area contributed by atoms with E-state index in [9.17, 15) is 9.59 Å². The number of piperazine rings is 1. The lowest BCUT2D eigenvalue weighted by Crippen LogP contribution is -2.62. The minimum absolute atomic E-state index is 0.0234. The number of benzene rings is 3. The van der Waals surface area contributed by atoms with E-state index in [-0.39, 0.29) is 24.4 Å². The molecule has 0 radical (unpaired) electrons. The molecule has 6 rings (SSSR count). The molecule has 0 bridgehead atoms. The maximum absolute atomic E-state index is 13.9. The molecule has 2 amide bonds. The quantitative estimate of drug-likeness (QED) is 0.466. The van der Waals surface area contributed by atoms with E-state index < -0.39 is 6.04 Å². The van der Waals surface area contributed by atoms with Crippen LogP contribution in [0.25, 0.3) is 10.9 Å². The van der Waals surface area contributed by atoms with Crippen molar-refractivity contribution in [1.82, 2.24) is 14.8 Å². The molecule has 0 spiro atoms. The zero-order valence-electron chi connectivity index (χ0n) is 20.2. The van der Waals surface area contributed by atoms with Crippen molar-refractivity contribution in [2.75, 3.05) is 20.8 Å². The van der Waals surface area contributed by atoms with E-state index >= 15 is 0 Å². The van der Waals surface area contributed by atoms with Gasteiger partial charge in [-0.3, -0.25) is 9.59 Å². The summed E-state index contributed by atoms with van der Waals surface area (Å²) in [5, 5.41) is 1.09. The first-order valence-corrected chi connectivity index (χ1v) is 12.0. The van der Waals surface area contributed by atoms with Gasteiger partial charge in [0.2, 0.25) is 11.8 Å². The van der Waals surface area contributed by atoms with Crippen LogP contribution in [0, 0.1) is 0 Å². The van der Waals surface area contributed by atoms with Crippen LogP contribution in [0.2, 0.25) is 0 Å². The standard InChI is InChI=1S/C29H27N3O4/c1-35-20-13-11-18(12-14-20)28-27-22(21-8-4-5-9-23(21)30-27)15-24-29(34)31(17-26(33)32(24)28)16-19-7-3-6-10-25(19)36-2/h3-14,24,28,30H,15-17H2,1-2H3/t24-,28+/m0/s1. The molecule has 36 heavy (non-hydrogen) atoms.